The van der Waals surface area contributed by atoms with Gasteiger partial charge in [-0.15, -0.1) is 0 Å². The number of hydrogen-bond donors (Lipinski definition) is 0. The summed E-state index contributed by atoms with van der Waals surface area (Å²) in [4.78, 5) is 27.0. The Kier molecular flexibility index (Phi) is 8.97. The molecule has 4 nitrogen and oxygen atoms in total. The summed E-state index contributed by atoms with van der Waals surface area (Å²) >= 11 is 3.14. The predicted molar refractivity (Wildman–Crippen MR) is 140 cm³/mol. The van der Waals surface area contributed by atoms with E-state index in [-0.39, 0.29) is 40.3 Å². The lowest BCUT2D eigenvalue weighted by molar-refractivity contribution is -0.143. The van der Waals surface area contributed by atoms with Crippen LogP contribution in [0, 0.1) is 0 Å². The lowest BCUT2D eigenvalue weighted by atomic mass is 9.87. The molecule has 3 aromatic rings. The number of benzene rings is 3. The van der Waals surface area contributed by atoms with Crippen LogP contribution in [0.3, 0.4) is 0 Å². The van der Waals surface area contributed by atoms with Crippen molar-refractivity contribution >= 4 is 38.8 Å². The Labute approximate surface area is 213 Å². The van der Waals surface area contributed by atoms with Crippen LogP contribution >= 0.6 is 15.9 Å². The van der Waals surface area contributed by atoms with E-state index in [4.69, 9.17) is 9.47 Å². The number of alkyl halides is 1. The van der Waals surface area contributed by atoms with E-state index in [0.717, 1.165) is 4.90 Å². The first-order valence-corrected chi connectivity index (χ1v) is 13.3. The summed E-state index contributed by atoms with van der Waals surface area (Å²) in [5.41, 5.74) is 1.85. The van der Waals surface area contributed by atoms with Gasteiger partial charge in [0.05, 0.1) is 16.5 Å². The zero-order chi connectivity index (χ0) is 24.7. The van der Waals surface area contributed by atoms with Crippen LogP contribution in [0.5, 0.6) is 0 Å². The first-order valence-electron chi connectivity index (χ1n) is 11.1. The highest BCUT2D eigenvalue weighted by Crippen LogP contribution is 2.33. The van der Waals surface area contributed by atoms with Crippen LogP contribution < -0.4 is 0 Å². The lowest BCUT2D eigenvalue weighted by Crippen LogP contribution is -2.18. The molecule has 2 atom stereocenters. The highest BCUT2D eigenvalue weighted by molar-refractivity contribution is 9.10. The van der Waals surface area contributed by atoms with E-state index in [9.17, 15) is 9.59 Å². The first-order chi connectivity index (χ1) is 16.2. The molecule has 3 rings (SSSR count). The van der Waals surface area contributed by atoms with Crippen molar-refractivity contribution in [3.63, 3.8) is 0 Å². The van der Waals surface area contributed by atoms with Crippen molar-refractivity contribution in [3.05, 3.63) is 90.0 Å². The Bertz CT molecular complexity index is 1090. The maximum absolute atomic E-state index is 12.4. The van der Waals surface area contributed by atoms with E-state index in [1.165, 1.54) is 15.4 Å². The zero-order valence-electron chi connectivity index (χ0n) is 19.9. The van der Waals surface area contributed by atoms with Gasteiger partial charge >= 0.3 is 11.9 Å². The van der Waals surface area contributed by atoms with Crippen LogP contribution in [-0.4, -0.2) is 30.0 Å². The molecule has 34 heavy (non-hydrogen) atoms. The van der Waals surface area contributed by atoms with Gasteiger partial charge in [0.25, 0.3) is 0 Å². The molecule has 6 heteroatoms. The molecule has 2 unspecified atom stereocenters. The fourth-order valence-electron chi connectivity index (χ4n) is 3.26. The molecule has 0 fully saturated rings. The molecule has 0 heterocycles. The van der Waals surface area contributed by atoms with Crippen molar-refractivity contribution in [2.24, 2.45) is 0 Å². The molecular weight excluding hydrogens is 512 g/mol. The summed E-state index contributed by atoms with van der Waals surface area (Å²) in [5, 5.41) is 0. The molecule has 0 aliphatic carbocycles. The molecule has 0 bridgehead atoms. The molecule has 0 amide bonds. The van der Waals surface area contributed by atoms with Crippen molar-refractivity contribution in [2.75, 3.05) is 13.2 Å². The molecule has 3 aromatic carbocycles. The minimum atomic E-state index is -0.441. The fourth-order valence-corrected chi connectivity index (χ4v) is 5.45. The third kappa shape index (κ3) is 6.97. The Morgan fingerprint density at radius 3 is 1.82 bits per heavy atom. The Hall–Kier alpha value is -2.57. The quantitative estimate of drug-likeness (QED) is 0.140. The lowest BCUT2D eigenvalue weighted by Gasteiger charge is -2.19. The van der Waals surface area contributed by atoms with E-state index in [1.54, 1.807) is 19.1 Å². The monoisotopic (exact) mass is 541 g/mol. The summed E-state index contributed by atoms with van der Waals surface area (Å²) < 4.78 is 10.2. The molecule has 0 spiro atoms. The van der Waals surface area contributed by atoms with Gasteiger partial charge in [-0.25, -0.2) is 4.79 Å². The van der Waals surface area contributed by atoms with Crippen molar-refractivity contribution in [1.82, 2.24) is 0 Å². The summed E-state index contributed by atoms with van der Waals surface area (Å²) in [6.45, 7) is 8.36. The van der Waals surface area contributed by atoms with Gasteiger partial charge in [0.15, 0.2) is 14.7 Å². The van der Waals surface area contributed by atoms with Gasteiger partial charge in [0, 0.05) is 0 Å². The molecular formula is C28H30BrO4S+. The molecule has 0 aliphatic heterocycles. The fraction of sp³-hybridized carbons (Fsp3) is 0.286. The third-order valence-electron chi connectivity index (χ3n) is 5.15. The van der Waals surface area contributed by atoms with Gasteiger partial charge in [0.1, 0.15) is 18.0 Å². The van der Waals surface area contributed by atoms with Gasteiger partial charge in [-0.1, -0.05) is 67.0 Å². The second-order valence-electron chi connectivity index (χ2n) is 8.84. The van der Waals surface area contributed by atoms with E-state index >= 15 is 0 Å². The van der Waals surface area contributed by atoms with E-state index < -0.39 is 5.97 Å². The normalized spacial score (nSPS) is 13.1. The number of halogens is 1. The van der Waals surface area contributed by atoms with Crippen LogP contribution in [0.4, 0.5) is 0 Å². The van der Waals surface area contributed by atoms with Gasteiger partial charge in [-0.3, -0.25) is 4.79 Å². The zero-order valence-corrected chi connectivity index (χ0v) is 22.3. The molecule has 0 aliphatic rings. The van der Waals surface area contributed by atoms with Gasteiger partial charge < -0.3 is 9.47 Å². The summed E-state index contributed by atoms with van der Waals surface area (Å²) in [6, 6.07) is 26.7. The second-order valence-corrected chi connectivity index (χ2v) is 12.2. The SMILES string of the molecule is CC(Br)C(=O)OCCOC(=O)c1ccc([S+](c2ccccc2)c2ccc(C(C)(C)C)cc2)cc1. The summed E-state index contributed by atoms with van der Waals surface area (Å²) in [6.07, 6.45) is 0. The molecule has 0 radical (unpaired) electrons. The van der Waals surface area contributed by atoms with Crippen molar-refractivity contribution in [1.29, 1.82) is 0 Å². The van der Waals surface area contributed by atoms with Crippen molar-refractivity contribution in [2.45, 2.75) is 52.6 Å². The highest BCUT2D eigenvalue weighted by Gasteiger charge is 2.29. The molecule has 0 saturated heterocycles. The number of ether oxygens (including phenoxy) is 2. The molecule has 0 N–H and O–H groups in total. The van der Waals surface area contributed by atoms with Gasteiger partial charge in [-0.05, 0) is 66.4 Å². The summed E-state index contributed by atoms with van der Waals surface area (Å²) in [7, 11) is -0.302. The number of carbonyl (C=O) groups is 2. The van der Waals surface area contributed by atoms with Crippen LogP contribution in [-0.2, 0) is 30.6 Å². The van der Waals surface area contributed by atoms with Crippen LogP contribution in [0.15, 0.2) is 93.5 Å². The Morgan fingerprint density at radius 2 is 1.29 bits per heavy atom. The smallest absolute Gasteiger partial charge is 0.338 e. The van der Waals surface area contributed by atoms with Gasteiger partial charge in [-0.2, -0.15) is 0 Å². The van der Waals surface area contributed by atoms with Gasteiger partial charge in [0.2, 0.25) is 0 Å². The maximum Gasteiger partial charge on any atom is 0.338 e. The Balaban J connectivity index is 1.76. The minimum Gasteiger partial charge on any atom is -0.461 e. The second kappa shape index (κ2) is 11.7. The van der Waals surface area contributed by atoms with E-state index in [2.05, 4.69) is 73.1 Å². The van der Waals surface area contributed by atoms with Crippen LogP contribution in [0.2, 0.25) is 0 Å². The van der Waals surface area contributed by atoms with E-state index in [1.807, 2.05) is 30.3 Å². The number of rotatable bonds is 8. The largest absolute Gasteiger partial charge is 0.461 e. The third-order valence-corrected chi connectivity index (χ3v) is 7.75. The maximum atomic E-state index is 12.4. The van der Waals surface area contributed by atoms with Crippen LogP contribution in [0.1, 0.15) is 43.6 Å². The van der Waals surface area contributed by atoms with Crippen LogP contribution in [0.25, 0.3) is 0 Å². The van der Waals surface area contributed by atoms with E-state index in [0.29, 0.717) is 5.56 Å². The Morgan fingerprint density at radius 1 is 0.794 bits per heavy atom. The van der Waals surface area contributed by atoms with Crippen molar-refractivity contribution in [3.8, 4) is 0 Å². The topological polar surface area (TPSA) is 52.6 Å². The highest BCUT2D eigenvalue weighted by atomic mass is 79.9. The predicted octanol–water partition coefficient (Wildman–Crippen LogP) is 6.56. The number of carbonyl (C=O) groups excluding carboxylic acids is 2. The standard InChI is InChI=1S/C28H30BrO4S/c1-20(29)26(30)32-18-19-33-27(31)21-10-14-24(15-11-21)34(23-8-6-5-7-9-23)25-16-12-22(13-17-25)28(2,3)4/h5-17,20H,18-19H2,1-4H3/q+1. The molecule has 178 valence electrons. The first kappa shape index (κ1) is 26.0. The molecule has 0 saturated carbocycles. The number of esters is 2. The average molecular weight is 543 g/mol. The minimum absolute atomic E-state index is 0.0144. The van der Waals surface area contributed by atoms with Crippen molar-refractivity contribution < 1.29 is 19.1 Å². The number of hydrogen-bond acceptors (Lipinski definition) is 4. The molecule has 0 aromatic heterocycles. The average Bonchev–Trinajstić information content (AvgIpc) is 2.82. The summed E-state index contributed by atoms with van der Waals surface area (Å²) in [5.74, 6) is -0.826.